The number of benzene rings is 1. The van der Waals surface area contributed by atoms with Gasteiger partial charge in [0.1, 0.15) is 6.54 Å². The minimum atomic E-state index is -0.0511. The Bertz CT molecular complexity index is 773. The van der Waals surface area contributed by atoms with Gasteiger partial charge in [0.05, 0.1) is 12.2 Å². The predicted octanol–water partition coefficient (Wildman–Crippen LogP) is 3.56. The van der Waals surface area contributed by atoms with E-state index < -0.39 is 0 Å². The van der Waals surface area contributed by atoms with Crippen LogP contribution >= 0.6 is 24.0 Å². The number of aliphatic imine (C=N–C) groups is 1. The molecule has 1 aromatic carbocycles. The number of carbonyl (C=O) groups is 1. The second-order valence-electron chi connectivity index (χ2n) is 7.20. The average Bonchev–Trinajstić information content (AvgIpc) is 3.19. The van der Waals surface area contributed by atoms with Crippen molar-refractivity contribution in [1.82, 2.24) is 20.7 Å². The lowest BCUT2D eigenvalue weighted by Gasteiger charge is -2.13. The first-order chi connectivity index (χ1) is 14.0. The summed E-state index contributed by atoms with van der Waals surface area (Å²) >= 11 is 0. The van der Waals surface area contributed by atoms with Crippen LogP contribution in [0.4, 0.5) is 0 Å². The zero-order valence-corrected chi connectivity index (χ0v) is 20.7. The lowest BCUT2D eigenvalue weighted by Crippen LogP contribution is -2.39. The largest absolute Gasteiger partial charge is 0.359 e. The Balaban J connectivity index is 0.00000450. The summed E-state index contributed by atoms with van der Waals surface area (Å²) in [5.41, 5.74) is 2.24. The van der Waals surface area contributed by atoms with E-state index in [0.29, 0.717) is 25.0 Å². The molecule has 8 heteroatoms. The Hall–Kier alpha value is -2.10. The molecule has 0 fully saturated rings. The van der Waals surface area contributed by atoms with E-state index in [1.54, 1.807) is 14.1 Å². The molecule has 0 saturated carbocycles. The monoisotopic (exact) mass is 527 g/mol. The Labute approximate surface area is 196 Å². The number of nitrogens with zero attached hydrogens (tertiary/aromatic N) is 3. The summed E-state index contributed by atoms with van der Waals surface area (Å²) in [5.74, 6) is 1.70. The molecule has 0 spiro atoms. The zero-order valence-electron chi connectivity index (χ0n) is 18.4. The molecule has 0 radical (unpaired) electrons. The maximum absolute atomic E-state index is 11.9. The SMILES string of the molecule is CCC(CC)c1cc(CNC(=NCC(=O)N(C)C)NCCc2ccccc2)on1.I. The number of rotatable bonds is 10. The number of hydrogen-bond donors (Lipinski definition) is 2. The minimum absolute atomic E-state index is 0. The number of guanidine groups is 1. The fourth-order valence-electron chi connectivity index (χ4n) is 2.91. The van der Waals surface area contributed by atoms with Crippen molar-refractivity contribution < 1.29 is 9.32 Å². The normalized spacial score (nSPS) is 11.2. The van der Waals surface area contributed by atoms with E-state index in [0.717, 1.165) is 30.7 Å². The lowest BCUT2D eigenvalue weighted by molar-refractivity contribution is -0.127. The first-order valence-corrected chi connectivity index (χ1v) is 10.2. The second-order valence-corrected chi connectivity index (χ2v) is 7.20. The Morgan fingerprint density at radius 3 is 2.50 bits per heavy atom. The molecule has 1 heterocycles. The topological polar surface area (TPSA) is 82.8 Å². The molecule has 2 aromatic rings. The van der Waals surface area contributed by atoms with Crippen molar-refractivity contribution in [3.8, 4) is 0 Å². The van der Waals surface area contributed by atoms with Gasteiger partial charge in [0.15, 0.2) is 11.7 Å². The van der Waals surface area contributed by atoms with Crippen LogP contribution in [0.2, 0.25) is 0 Å². The molecule has 2 N–H and O–H groups in total. The summed E-state index contributed by atoms with van der Waals surface area (Å²) in [6.45, 7) is 5.57. The highest BCUT2D eigenvalue weighted by Crippen LogP contribution is 2.22. The van der Waals surface area contributed by atoms with E-state index in [4.69, 9.17) is 4.52 Å². The molecule has 30 heavy (non-hydrogen) atoms. The number of halogens is 1. The first-order valence-electron chi connectivity index (χ1n) is 10.2. The van der Waals surface area contributed by atoms with Gasteiger partial charge in [0.25, 0.3) is 0 Å². The summed E-state index contributed by atoms with van der Waals surface area (Å²) < 4.78 is 5.47. The van der Waals surface area contributed by atoms with Crippen LogP contribution in [0.25, 0.3) is 0 Å². The van der Waals surface area contributed by atoms with E-state index in [9.17, 15) is 4.79 Å². The van der Waals surface area contributed by atoms with Crippen molar-refractivity contribution in [1.29, 1.82) is 0 Å². The number of amides is 1. The number of aromatic nitrogens is 1. The Morgan fingerprint density at radius 1 is 1.17 bits per heavy atom. The molecule has 0 aliphatic carbocycles. The van der Waals surface area contributed by atoms with Crippen LogP contribution in [0, 0.1) is 0 Å². The van der Waals surface area contributed by atoms with Crippen molar-refractivity contribution in [2.24, 2.45) is 4.99 Å². The number of likely N-dealkylation sites (N-methyl/N-ethyl adjacent to an activating group) is 1. The average molecular weight is 527 g/mol. The van der Waals surface area contributed by atoms with Crippen LogP contribution in [-0.4, -0.2) is 49.1 Å². The van der Waals surface area contributed by atoms with Crippen molar-refractivity contribution in [2.45, 2.75) is 45.6 Å². The molecular weight excluding hydrogens is 493 g/mol. The van der Waals surface area contributed by atoms with E-state index in [-0.39, 0.29) is 36.4 Å². The van der Waals surface area contributed by atoms with Gasteiger partial charge in [-0.1, -0.05) is 49.3 Å². The highest BCUT2D eigenvalue weighted by Gasteiger charge is 2.13. The smallest absolute Gasteiger partial charge is 0.243 e. The third kappa shape index (κ3) is 8.73. The Morgan fingerprint density at radius 2 is 1.87 bits per heavy atom. The molecule has 0 aliphatic heterocycles. The fourth-order valence-corrected chi connectivity index (χ4v) is 2.91. The number of hydrogen-bond acceptors (Lipinski definition) is 4. The van der Waals surface area contributed by atoms with Crippen LogP contribution < -0.4 is 10.6 Å². The molecule has 7 nitrogen and oxygen atoms in total. The molecular formula is C22H34IN5O2. The van der Waals surface area contributed by atoms with Crippen LogP contribution in [0.3, 0.4) is 0 Å². The molecule has 0 saturated heterocycles. The maximum Gasteiger partial charge on any atom is 0.243 e. The van der Waals surface area contributed by atoms with E-state index in [1.165, 1.54) is 10.5 Å². The van der Waals surface area contributed by atoms with Gasteiger partial charge < -0.3 is 20.1 Å². The van der Waals surface area contributed by atoms with Crippen molar-refractivity contribution in [2.75, 3.05) is 27.2 Å². The Kier molecular flexibility index (Phi) is 12.1. The molecule has 1 aromatic heterocycles. The van der Waals surface area contributed by atoms with Crippen LogP contribution in [0.1, 0.15) is 49.6 Å². The standard InChI is InChI=1S/C22H33N5O2.HI/c1-5-18(6-2)20-14-19(29-26-20)15-24-22(25-16-21(28)27(3)4)23-13-12-17-10-8-7-9-11-17;/h7-11,14,18H,5-6,12-13,15-16H2,1-4H3,(H2,23,24,25);1H. The van der Waals surface area contributed by atoms with Gasteiger partial charge in [-0.05, 0) is 24.8 Å². The third-order valence-electron chi connectivity index (χ3n) is 4.83. The number of nitrogens with one attached hydrogen (secondary N) is 2. The first kappa shape index (κ1) is 25.9. The molecule has 1 amide bonds. The summed E-state index contributed by atoms with van der Waals surface area (Å²) in [6.07, 6.45) is 2.94. The highest BCUT2D eigenvalue weighted by atomic mass is 127. The van der Waals surface area contributed by atoms with Crippen LogP contribution in [0.15, 0.2) is 45.9 Å². The summed E-state index contributed by atoms with van der Waals surface area (Å²) in [4.78, 5) is 17.8. The van der Waals surface area contributed by atoms with E-state index in [1.807, 2.05) is 24.3 Å². The molecule has 2 rings (SSSR count). The molecule has 0 atom stereocenters. The van der Waals surface area contributed by atoms with E-state index >= 15 is 0 Å². The van der Waals surface area contributed by atoms with Gasteiger partial charge in [0.2, 0.25) is 5.91 Å². The minimum Gasteiger partial charge on any atom is -0.359 e. The summed E-state index contributed by atoms with van der Waals surface area (Å²) in [7, 11) is 3.45. The van der Waals surface area contributed by atoms with Crippen LogP contribution in [-0.2, 0) is 17.8 Å². The summed E-state index contributed by atoms with van der Waals surface area (Å²) in [5, 5.41) is 10.7. The molecule has 0 bridgehead atoms. The van der Waals surface area contributed by atoms with Crippen LogP contribution in [0.5, 0.6) is 0 Å². The zero-order chi connectivity index (χ0) is 21.1. The third-order valence-corrected chi connectivity index (χ3v) is 4.83. The van der Waals surface area contributed by atoms with Gasteiger partial charge >= 0.3 is 0 Å². The van der Waals surface area contributed by atoms with Crippen molar-refractivity contribution in [3.05, 3.63) is 53.4 Å². The van der Waals surface area contributed by atoms with E-state index in [2.05, 4.69) is 46.8 Å². The van der Waals surface area contributed by atoms with Gasteiger partial charge in [-0.2, -0.15) is 0 Å². The van der Waals surface area contributed by atoms with Crippen molar-refractivity contribution in [3.63, 3.8) is 0 Å². The second kappa shape index (κ2) is 14.0. The fraction of sp³-hybridized carbons (Fsp3) is 0.500. The molecule has 0 unspecified atom stereocenters. The van der Waals surface area contributed by atoms with Crippen molar-refractivity contribution >= 4 is 35.8 Å². The molecule has 166 valence electrons. The maximum atomic E-state index is 11.9. The summed E-state index contributed by atoms with van der Waals surface area (Å²) in [6, 6.07) is 12.2. The van der Waals surface area contributed by atoms with Gasteiger partial charge in [0, 0.05) is 32.6 Å². The highest BCUT2D eigenvalue weighted by molar-refractivity contribution is 14.0. The van der Waals surface area contributed by atoms with Gasteiger partial charge in [-0.15, -0.1) is 24.0 Å². The quantitative estimate of drug-likeness (QED) is 0.281. The molecule has 0 aliphatic rings. The van der Waals surface area contributed by atoms with Gasteiger partial charge in [-0.3, -0.25) is 4.79 Å². The van der Waals surface area contributed by atoms with Gasteiger partial charge in [-0.25, -0.2) is 4.99 Å². The lowest BCUT2D eigenvalue weighted by atomic mass is 9.99. The number of carbonyl (C=O) groups excluding carboxylic acids is 1. The predicted molar refractivity (Wildman–Crippen MR) is 131 cm³/mol.